The number of nitro groups is 1. The zero-order chi connectivity index (χ0) is 14.4. The van der Waals surface area contributed by atoms with Gasteiger partial charge < -0.3 is 10.4 Å². The molecule has 0 spiro atoms. The van der Waals surface area contributed by atoms with Crippen molar-refractivity contribution in [2.24, 2.45) is 5.41 Å². The summed E-state index contributed by atoms with van der Waals surface area (Å²) < 4.78 is 0. The quantitative estimate of drug-likeness (QED) is 0.456. The minimum atomic E-state index is -0.382. The number of aliphatic hydroxyl groups is 1. The Hall–Kier alpha value is -1.46. The Kier molecular flexibility index (Phi) is 5.09. The van der Waals surface area contributed by atoms with Gasteiger partial charge in [-0.3, -0.25) is 10.1 Å². The number of rotatable bonds is 7. The molecule has 20 heavy (non-hydrogen) atoms. The number of non-ortho nitro benzene ring substituents is 1. The summed E-state index contributed by atoms with van der Waals surface area (Å²) >= 11 is 0. The lowest BCUT2D eigenvalue weighted by atomic mass is 9.87. The van der Waals surface area contributed by atoms with E-state index in [1.807, 2.05) is 0 Å². The number of aliphatic hydroxyl groups excluding tert-OH is 1. The molecule has 0 bridgehead atoms. The molecular formula is C15H22N2O3. The van der Waals surface area contributed by atoms with Crippen molar-refractivity contribution >= 4 is 5.69 Å². The Balaban J connectivity index is 1.74. The topological polar surface area (TPSA) is 75.4 Å². The normalized spacial score (nSPS) is 17.2. The van der Waals surface area contributed by atoms with Gasteiger partial charge in [0.2, 0.25) is 0 Å². The van der Waals surface area contributed by atoms with Gasteiger partial charge in [0, 0.05) is 30.7 Å². The lowest BCUT2D eigenvalue weighted by molar-refractivity contribution is -0.384. The molecule has 1 fully saturated rings. The Bertz CT molecular complexity index is 439. The lowest BCUT2D eigenvalue weighted by Crippen LogP contribution is -2.36. The van der Waals surface area contributed by atoms with Crippen LogP contribution in [0.3, 0.4) is 0 Å². The van der Waals surface area contributed by atoms with Gasteiger partial charge in [-0.1, -0.05) is 25.0 Å². The van der Waals surface area contributed by atoms with Gasteiger partial charge in [0.15, 0.2) is 0 Å². The Labute approximate surface area is 119 Å². The minimum absolute atomic E-state index is 0.0788. The van der Waals surface area contributed by atoms with Crippen molar-refractivity contribution < 1.29 is 10.0 Å². The third kappa shape index (κ3) is 3.77. The first-order valence-corrected chi connectivity index (χ1v) is 7.20. The molecule has 1 aromatic carbocycles. The highest BCUT2D eigenvalue weighted by Crippen LogP contribution is 2.36. The van der Waals surface area contributed by atoms with Crippen molar-refractivity contribution in [3.8, 4) is 0 Å². The third-order valence-corrected chi connectivity index (χ3v) is 4.24. The van der Waals surface area contributed by atoms with E-state index >= 15 is 0 Å². The van der Waals surface area contributed by atoms with Crippen LogP contribution in [0.4, 0.5) is 5.69 Å². The molecule has 0 saturated heterocycles. The van der Waals surface area contributed by atoms with Crippen LogP contribution in [-0.4, -0.2) is 29.7 Å². The van der Waals surface area contributed by atoms with E-state index in [2.05, 4.69) is 5.32 Å². The fraction of sp³-hybridized carbons (Fsp3) is 0.600. The molecular weight excluding hydrogens is 256 g/mol. The van der Waals surface area contributed by atoms with Crippen molar-refractivity contribution in [3.05, 3.63) is 39.9 Å². The van der Waals surface area contributed by atoms with Crippen molar-refractivity contribution in [1.29, 1.82) is 0 Å². The van der Waals surface area contributed by atoms with E-state index < -0.39 is 0 Å². The van der Waals surface area contributed by atoms with Crippen LogP contribution in [0.1, 0.15) is 31.2 Å². The minimum Gasteiger partial charge on any atom is -0.396 e. The number of nitrogens with zero attached hydrogens (tertiary/aromatic N) is 1. The van der Waals surface area contributed by atoms with Crippen molar-refractivity contribution in [2.75, 3.05) is 19.7 Å². The molecule has 0 unspecified atom stereocenters. The first-order chi connectivity index (χ1) is 9.65. The highest BCUT2D eigenvalue weighted by Gasteiger charge is 2.32. The molecule has 1 aliphatic carbocycles. The second-order valence-electron chi connectivity index (χ2n) is 5.72. The van der Waals surface area contributed by atoms with Crippen LogP contribution < -0.4 is 5.32 Å². The van der Waals surface area contributed by atoms with Gasteiger partial charge in [-0.15, -0.1) is 0 Å². The van der Waals surface area contributed by atoms with E-state index in [9.17, 15) is 15.2 Å². The van der Waals surface area contributed by atoms with Crippen molar-refractivity contribution in [3.63, 3.8) is 0 Å². The first kappa shape index (κ1) is 14.9. The third-order valence-electron chi connectivity index (χ3n) is 4.24. The van der Waals surface area contributed by atoms with Crippen LogP contribution in [0.5, 0.6) is 0 Å². The molecule has 0 radical (unpaired) electrons. The van der Waals surface area contributed by atoms with E-state index in [1.54, 1.807) is 24.3 Å². The lowest BCUT2D eigenvalue weighted by Gasteiger charge is -2.26. The van der Waals surface area contributed by atoms with Crippen LogP contribution in [0, 0.1) is 15.5 Å². The summed E-state index contributed by atoms with van der Waals surface area (Å²) in [6, 6.07) is 6.69. The molecule has 0 amide bonds. The Morgan fingerprint density at radius 1 is 1.25 bits per heavy atom. The smallest absolute Gasteiger partial charge is 0.269 e. The summed E-state index contributed by atoms with van der Waals surface area (Å²) in [5.74, 6) is 0. The van der Waals surface area contributed by atoms with Gasteiger partial charge in [0.05, 0.1) is 4.92 Å². The predicted molar refractivity (Wildman–Crippen MR) is 77.7 cm³/mol. The van der Waals surface area contributed by atoms with Gasteiger partial charge in [-0.2, -0.15) is 0 Å². The van der Waals surface area contributed by atoms with Gasteiger partial charge in [-0.25, -0.2) is 0 Å². The maximum Gasteiger partial charge on any atom is 0.269 e. The molecule has 1 saturated carbocycles. The molecule has 0 atom stereocenters. The Morgan fingerprint density at radius 3 is 2.45 bits per heavy atom. The summed E-state index contributed by atoms with van der Waals surface area (Å²) in [6.45, 7) is 1.95. The summed E-state index contributed by atoms with van der Waals surface area (Å²) in [5, 5.41) is 23.5. The number of nitrogens with one attached hydrogen (secondary N) is 1. The summed E-state index contributed by atoms with van der Waals surface area (Å²) in [7, 11) is 0. The zero-order valence-electron chi connectivity index (χ0n) is 11.7. The van der Waals surface area contributed by atoms with Crippen LogP contribution in [0.2, 0.25) is 0 Å². The van der Waals surface area contributed by atoms with Crippen LogP contribution in [0.15, 0.2) is 24.3 Å². The van der Waals surface area contributed by atoms with E-state index in [-0.39, 0.29) is 22.6 Å². The molecule has 2 N–H and O–H groups in total. The predicted octanol–water partition coefficient (Wildman–Crippen LogP) is 2.28. The molecule has 5 nitrogen and oxygen atoms in total. The number of benzene rings is 1. The monoisotopic (exact) mass is 278 g/mol. The maximum absolute atomic E-state index is 10.6. The molecule has 5 heteroatoms. The second kappa shape index (κ2) is 6.81. The Morgan fingerprint density at radius 2 is 1.90 bits per heavy atom. The molecule has 1 aliphatic rings. The second-order valence-corrected chi connectivity index (χ2v) is 5.72. The van der Waals surface area contributed by atoms with Crippen LogP contribution in [-0.2, 0) is 6.42 Å². The average Bonchev–Trinajstić information content (AvgIpc) is 2.93. The highest BCUT2D eigenvalue weighted by molar-refractivity contribution is 5.32. The molecule has 0 aromatic heterocycles. The summed E-state index contributed by atoms with van der Waals surface area (Å²) in [6.07, 6.45) is 5.48. The SMILES string of the molecule is O=[N+]([O-])c1ccc(CCNCC2(CO)CCCC2)cc1. The van der Waals surface area contributed by atoms with Gasteiger partial charge in [-0.05, 0) is 31.4 Å². The zero-order valence-corrected chi connectivity index (χ0v) is 11.7. The largest absolute Gasteiger partial charge is 0.396 e. The van der Waals surface area contributed by atoms with E-state index in [0.717, 1.165) is 37.9 Å². The van der Waals surface area contributed by atoms with Gasteiger partial charge in [0.1, 0.15) is 0 Å². The number of nitro benzene ring substituents is 1. The number of hydrogen-bond donors (Lipinski definition) is 2. The standard InChI is InChI=1S/C15H22N2O3/c18-12-15(8-1-2-9-15)11-16-10-7-13-3-5-14(6-4-13)17(19)20/h3-6,16,18H,1-2,7-12H2. The van der Waals surface area contributed by atoms with Gasteiger partial charge in [0.25, 0.3) is 5.69 Å². The van der Waals surface area contributed by atoms with Crippen molar-refractivity contribution in [1.82, 2.24) is 5.32 Å². The van der Waals surface area contributed by atoms with E-state index in [1.165, 1.54) is 12.8 Å². The van der Waals surface area contributed by atoms with E-state index in [0.29, 0.717) is 0 Å². The summed E-state index contributed by atoms with van der Waals surface area (Å²) in [4.78, 5) is 10.2. The molecule has 0 aliphatic heterocycles. The molecule has 2 rings (SSSR count). The fourth-order valence-corrected chi connectivity index (χ4v) is 2.89. The van der Waals surface area contributed by atoms with Gasteiger partial charge >= 0.3 is 0 Å². The van der Waals surface area contributed by atoms with Crippen molar-refractivity contribution in [2.45, 2.75) is 32.1 Å². The first-order valence-electron chi connectivity index (χ1n) is 7.20. The molecule has 0 heterocycles. The molecule has 110 valence electrons. The van der Waals surface area contributed by atoms with E-state index in [4.69, 9.17) is 0 Å². The fourth-order valence-electron chi connectivity index (χ4n) is 2.89. The highest BCUT2D eigenvalue weighted by atomic mass is 16.6. The number of hydrogen-bond acceptors (Lipinski definition) is 4. The summed E-state index contributed by atoms with van der Waals surface area (Å²) in [5.41, 5.74) is 1.30. The van der Waals surface area contributed by atoms with Crippen LogP contribution in [0.25, 0.3) is 0 Å². The maximum atomic E-state index is 10.6. The average molecular weight is 278 g/mol. The van der Waals surface area contributed by atoms with Crippen LogP contribution >= 0.6 is 0 Å². The molecule has 1 aromatic rings.